The van der Waals surface area contributed by atoms with E-state index in [2.05, 4.69) is 24.9 Å². The van der Waals surface area contributed by atoms with E-state index >= 15 is 0 Å². The Balaban J connectivity index is 2.60. The van der Waals surface area contributed by atoms with Crippen LogP contribution in [0, 0.1) is 5.92 Å². The smallest absolute Gasteiger partial charge is 0.139 e. The van der Waals surface area contributed by atoms with E-state index in [1.165, 1.54) is 4.70 Å². The molecule has 1 atom stereocenters. The molecule has 0 N–H and O–H groups in total. The van der Waals surface area contributed by atoms with Crippen LogP contribution in [0.15, 0.2) is 23.7 Å². The van der Waals surface area contributed by atoms with Crippen molar-refractivity contribution in [1.82, 2.24) is 4.98 Å². The molecule has 0 fully saturated rings. The topological polar surface area (TPSA) is 30.0 Å². The minimum absolute atomic E-state index is 0.0849. The summed E-state index contributed by atoms with van der Waals surface area (Å²) < 4.78 is 1.21. The van der Waals surface area contributed by atoms with Crippen LogP contribution in [-0.4, -0.2) is 10.8 Å². The van der Waals surface area contributed by atoms with Crippen molar-refractivity contribution in [2.24, 2.45) is 5.92 Å². The summed E-state index contributed by atoms with van der Waals surface area (Å²) in [5.74, 6) is 0.398. The second-order valence-electron chi connectivity index (χ2n) is 4.36. The third kappa shape index (κ3) is 1.87. The first-order valence-corrected chi connectivity index (χ1v) is 6.31. The number of carbonyl (C=O) groups is 1. The molecular weight excluding hydrogens is 218 g/mol. The molecular formula is C13H15NOS. The molecule has 0 spiro atoms. The highest BCUT2D eigenvalue weighted by Gasteiger charge is 2.24. The van der Waals surface area contributed by atoms with Crippen molar-refractivity contribution in [3.63, 3.8) is 0 Å². The maximum atomic E-state index is 11.7. The second kappa shape index (κ2) is 4.34. The molecule has 2 aromatic heterocycles. The lowest BCUT2D eigenvalue weighted by molar-refractivity contribution is -0.119. The zero-order chi connectivity index (χ0) is 11.7. The highest BCUT2D eigenvalue weighted by atomic mass is 32.1. The number of nitrogens with zero attached hydrogens (tertiary/aromatic N) is 1. The number of aromatic nitrogens is 1. The average molecular weight is 233 g/mol. The lowest BCUT2D eigenvalue weighted by Gasteiger charge is -2.17. The number of pyridine rings is 1. The highest BCUT2D eigenvalue weighted by molar-refractivity contribution is 7.17. The molecule has 0 aliphatic heterocycles. The Hall–Kier alpha value is -1.22. The van der Waals surface area contributed by atoms with Crippen LogP contribution in [0.25, 0.3) is 10.1 Å². The predicted octanol–water partition coefficient (Wildman–Crippen LogP) is 3.62. The Kier molecular flexibility index (Phi) is 3.06. The molecule has 84 valence electrons. The first-order chi connectivity index (χ1) is 7.61. The Morgan fingerprint density at radius 1 is 1.38 bits per heavy atom. The van der Waals surface area contributed by atoms with Gasteiger partial charge in [0.2, 0.25) is 0 Å². The Bertz CT molecular complexity index is 515. The molecule has 3 heteroatoms. The van der Waals surface area contributed by atoms with Crippen LogP contribution < -0.4 is 0 Å². The summed E-state index contributed by atoms with van der Waals surface area (Å²) in [5.41, 5.74) is 0.932. The Morgan fingerprint density at radius 2 is 2.12 bits per heavy atom. The normalized spacial score (nSPS) is 13.2. The third-order valence-corrected chi connectivity index (χ3v) is 3.69. The number of carbonyl (C=O) groups excluding carboxylic acids is 1. The van der Waals surface area contributed by atoms with Gasteiger partial charge in [-0.25, -0.2) is 0 Å². The minimum Gasteiger partial charge on any atom is -0.299 e. The molecule has 2 heterocycles. The Morgan fingerprint density at radius 3 is 2.75 bits per heavy atom. The average Bonchev–Trinajstić information content (AvgIpc) is 2.65. The van der Waals surface area contributed by atoms with E-state index in [9.17, 15) is 4.79 Å². The molecule has 2 rings (SSSR count). The molecule has 0 amide bonds. The van der Waals surface area contributed by atoms with Gasteiger partial charge in [-0.15, -0.1) is 11.3 Å². The van der Waals surface area contributed by atoms with Crippen LogP contribution in [0.2, 0.25) is 0 Å². The molecule has 0 bridgehead atoms. The standard InChI is InChI=1S/C13H15NOS/c1-8(2)12(9(3)15)13-10-5-7-16-11(10)4-6-14-13/h4-8,12H,1-3H3. The molecule has 0 saturated heterocycles. The van der Waals surface area contributed by atoms with E-state index in [1.807, 2.05) is 11.4 Å². The fraction of sp³-hybridized carbons (Fsp3) is 0.385. The van der Waals surface area contributed by atoms with Gasteiger partial charge in [-0.05, 0) is 30.4 Å². The van der Waals surface area contributed by atoms with Crippen molar-refractivity contribution in [3.05, 3.63) is 29.4 Å². The number of thiophene rings is 1. The van der Waals surface area contributed by atoms with Gasteiger partial charge in [0, 0.05) is 16.3 Å². The van der Waals surface area contributed by atoms with Crippen LogP contribution in [0.3, 0.4) is 0 Å². The molecule has 0 saturated carbocycles. The van der Waals surface area contributed by atoms with Crippen molar-refractivity contribution in [2.45, 2.75) is 26.7 Å². The molecule has 2 nitrogen and oxygen atoms in total. The zero-order valence-electron chi connectivity index (χ0n) is 9.73. The largest absolute Gasteiger partial charge is 0.299 e. The van der Waals surface area contributed by atoms with Gasteiger partial charge >= 0.3 is 0 Å². The number of rotatable bonds is 3. The SMILES string of the molecule is CC(=O)C(c1nccc2sccc12)C(C)C. The van der Waals surface area contributed by atoms with E-state index in [1.54, 1.807) is 24.5 Å². The fourth-order valence-electron chi connectivity index (χ4n) is 2.14. The first-order valence-electron chi connectivity index (χ1n) is 5.44. The number of ketones is 1. The maximum absolute atomic E-state index is 11.7. The summed E-state index contributed by atoms with van der Waals surface area (Å²) in [4.78, 5) is 16.1. The molecule has 16 heavy (non-hydrogen) atoms. The molecule has 0 radical (unpaired) electrons. The number of Topliss-reactive ketones (excluding diaryl/α,β-unsaturated/α-hetero) is 1. The van der Waals surface area contributed by atoms with E-state index < -0.39 is 0 Å². The van der Waals surface area contributed by atoms with Crippen LogP contribution in [0.1, 0.15) is 32.4 Å². The summed E-state index contributed by atoms with van der Waals surface area (Å²) in [6, 6.07) is 4.06. The van der Waals surface area contributed by atoms with E-state index in [-0.39, 0.29) is 17.6 Å². The van der Waals surface area contributed by atoms with Gasteiger partial charge in [0.05, 0.1) is 11.6 Å². The third-order valence-electron chi connectivity index (χ3n) is 2.81. The summed E-state index contributed by atoms with van der Waals surface area (Å²) >= 11 is 1.69. The first kappa shape index (κ1) is 11.3. The van der Waals surface area contributed by atoms with Crippen molar-refractivity contribution in [3.8, 4) is 0 Å². The lowest BCUT2D eigenvalue weighted by atomic mass is 9.87. The summed E-state index contributed by atoms with van der Waals surface area (Å²) in [6.45, 7) is 5.79. The van der Waals surface area contributed by atoms with Crippen LogP contribution in [0.4, 0.5) is 0 Å². The van der Waals surface area contributed by atoms with Crippen molar-refractivity contribution in [2.75, 3.05) is 0 Å². The number of fused-ring (bicyclic) bond motifs is 1. The van der Waals surface area contributed by atoms with Gasteiger partial charge in [0.15, 0.2) is 0 Å². The van der Waals surface area contributed by atoms with E-state index in [0.717, 1.165) is 11.1 Å². The van der Waals surface area contributed by atoms with Crippen molar-refractivity contribution < 1.29 is 4.79 Å². The number of hydrogen-bond acceptors (Lipinski definition) is 3. The fourth-order valence-corrected chi connectivity index (χ4v) is 2.93. The monoisotopic (exact) mass is 233 g/mol. The van der Waals surface area contributed by atoms with E-state index in [4.69, 9.17) is 0 Å². The molecule has 1 unspecified atom stereocenters. The summed E-state index contributed by atoms with van der Waals surface area (Å²) in [6.07, 6.45) is 1.80. The lowest BCUT2D eigenvalue weighted by Crippen LogP contribution is -2.16. The van der Waals surface area contributed by atoms with Gasteiger partial charge in [-0.3, -0.25) is 9.78 Å². The van der Waals surface area contributed by atoms with Crippen LogP contribution in [0.5, 0.6) is 0 Å². The van der Waals surface area contributed by atoms with Gasteiger partial charge in [-0.2, -0.15) is 0 Å². The Labute approximate surface area is 99.3 Å². The summed E-state index contributed by atoms with van der Waals surface area (Å²) in [7, 11) is 0. The van der Waals surface area contributed by atoms with Crippen LogP contribution >= 0.6 is 11.3 Å². The molecule has 0 aromatic carbocycles. The molecule has 0 aliphatic carbocycles. The predicted molar refractivity (Wildman–Crippen MR) is 67.9 cm³/mol. The summed E-state index contributed by atoms with van der Waals surface area (Å²) in [5, 5.41) is 3.18. The minimum atomic E-state index is -0.0849. The number of hydrogen-bond donors (Lipinski definition) is 0. The van der Waals surface area contributed by atoms with E-state index in [0.29, 0.717) is 0 Å². The highest BCUT2D eigenvalue weighted by Crippen LogP contribution is 2.31. The van der Waals surface area contributed by atoms with Gasteiger partial charge in [0.1, 0.15) is 5.78 Å². The molecule has 2 aromatic rings. The van der Waals surface area contributed by atoms with Gasteiger partial charge in [-0.1, -0.05) is 13.8 Å². The maximum Gasteiger partial charge on any atom is 0.139 e. The quantitative estimate of drug-likeness (QED) is 0.810. The second-order valence-corrected chi connectivity index (χ2v) is 5.31. The van der Waals surface area contributed by atoms with Gasteiger partial charge in [0.25, 0.3) is 0 Å². The molecule has 0 aliphatic rings. The van der Waals surface area contributed by atoms with Crippen molar-refractivity contribution >= 4 is 27.2 Å². The van der Waals surface area contributed by atoms with Crippen LogP contribution in [-0.2, 0) is 4.79 Å². The van der Waals surface area contributed by atoms with Gasteiger partial charge < -0.3 is 0 Å². The zero-order valence-corrected chi connectivity index (χ0v) is 10.5. The van der Waals surface area contributed by atoms with Crippen molar-refractivity contribution in [1.29, 1.82) is 0 Å².